The van der Waals surface area contributed by atoms with Crippen molar-refractivity contribution in [3.05, 3.63) is 70.8 Å². The second-order valence-electron chi connectivity index (χ2n) is 10.8. The fourth-order valence-electron chi connectivity index (χ4n) is 4.89. The van der Waals surface area contributed by atoms with Crippen molar-refractivity contribution in [3.63, 3.8) is 0 Å². The molecular weight excluding hydrogens is 464 g/mol. The van der Waals surface area contributed by atoms with Crippen LogP contribution in [0.15, 0.2) is 47.6 Å². The monoisotopic (exact) mass is 501 g/mol. The zero-order valence-corrected chi connectivity index (χ0v) is 21.4. The van der Waals surface area contributed by atoms with Crippen molar-refractivity contribution in [2.24, 2.45) is 5.16 Å². The number of aliphatic hydroxyl groups excluding tert-OH is 1. The third kappa shape index (κ3) is 7.11. The third-order valence-corrected chi connectivity index (χ3v) is 6.98. The van der Waals surface area contributed by atoms with Crippen molar-refractivity contribution in [1.82, 2.24) is 10.6 Å². The van der Waals surface area contributed by atoms with E-state index in [1.54, 1.807) is 0 Å². The number of amides is 1. The molecule has 6 nitrogen and oxygen atoms in total. The number of aliphatic hydroxyl groups is 1. The molecule has 2 atom stereocenters. The summed E-state index contributed by atoms with van der Waals surface area (Å²) in [5.74, 6) is -1.76. The Morgan fingerprint density at radius 2 is 1.75 bits per heavy atom. The fraction of sp³-hybridized carbons (Fsp3) is 0.500. The molecule has 196 valence electrons. The summed E-state index contributed by atoms with van der Waals surface area (Å²) in [5, 5.41) is 30.1. The zero-order chi connectivity index (χ0) is 26.5. The molecular formula is C28H37F2N3O3. The van der Waals surface area contributed by atoms with E-state index in [2.05, 4.69) is 54.8 Å². The molecule has 2 aromatic carbocycles. The average Bonchev–Trinajstić information content (AvgIpc) is 2.81. The first kappa shape index (κ1) is 27.7. The molecule has 0 spiro atoms. The van der Waals surface area contributed by atoms with Crippen molar-refractivity contribution in [3.8, 4) is 0 Å². The molecule has 1 aliphatic rings. The van der Waals surface area contributed by atoms with Crippen LogP contribution in [0.3, 0.4) is 0 Å². The molecule has 1 saturated carbocycles. The topological polar surface area (TPSA) is 94.0 Å². The Morgan fingerprint density at radius 3 is 2.31 bits per heavy atom. The van der Waals surface area contributed by atoms with E-state index >= 15 is 0 Å². The van der Waals surface area contributed by atoms with E-state index in [0.29, 0.717) is 31.2 Å². The van der Waals surface area contributed by atoms with Crippen LogP contribution < -0.4 is 10.6 Å². The summed E-state index contributed by atoms with van der Waals surface area (Å²) in [5.41, 5.74) is 2.85. The molecule has 0 heterocycles. The Morgan fingerprint density at radius 1 is 1.11 bits per heavy atom. The molecule has 2 aromatic rings. The van der Waals surface area contributed by atoms with Gasteiger partial charge in [0.2, 0.25) is 5.91 Å². The van der Waals surface area contributed by atoms with Gasteiger partial charge in [-0.3, -0.25) is 4.79 Å². The first-order chi connectivity index (χ1) is 16.9. The van der Waals surface area contributed by atoms with Crippen LogP contribution in [0, 0.1) is 11.6 Å². The van der Waals surface area contributed by atoms with Crippen molar-refractivity contribution < 1.29 is 23.9 Å². The maximum absolute atomic E-state index is 13.7. The van der Waals surface area contributed by atoms with Crippen LogP contribution in [0.5, 0.6) is 0 Å². The van der Waals surface area contributed by atoms with Gasteiger partial charge in [-0.25, -0.2) is 8.78 Å². The summed E-state index contributed by atoms with van der Waals surface area (Å²) < 4.78 is 27.4. The molecule has 3 rings (SSSR count). The number of carbonyl (C=O) groups is 1. The van der Waals surface area contributed by atoms with Gasteiger partial charge in [0.25, 0.3) is 0 Å². The van der Waals surface area contributed by atoms with E-state index in [4.69, 9.17) is 0 Å². The van der Waals surface area contributed by atoms with Gasteiger partial charge >= 0.3 is 0 Å². The summed E-state index contributed by atoms with van der Waals surface area (Å²) in [6.45, 7) is 7.95. The van der Waals surface area contributed by atoms with Gasteiger partial charge in [-0.15, -0.1) is 0 Å². The minimum absolute atomic E-state index is 0.0418. The Kier molecular flexibility index (Phi) is 8.84. The molecule has 1 amide bonds. The lowest BCUT2D eigenvalue weighted by Crippen LogP contribution is -2.53. The number of oxime groups is 1. The lowest BCUT2D eigenvalue weighted by Gasteiger charge is -2.41. The highest BCUT2D eigenvalue weighted by molar-refractivity contribution is 5.85. The maximum atomic E-state index is 13.7. The molecule has 0 aliphatic heterocycles. The van der Waals surface area contributed by atoms with Crippen LogP contribution in [-0.4, -0.2) is 40.6 Å². The highest BCUT2D eigenvalue weighted by atomic mass is 19.1. The Bertz CT molecular complexity index is 1070. The molecule has 1 aliphatic carbocycles. The molecule has 0 aromatic heterocycles. The van der Waals surface area contributed by atoms with Gasteiger partial charge in [0.15, 0.2) is 0 Å². The maximum Gasteiger partial charge on any atom is 0.217 e. The van der Waals surface area contributed by atoms with Crippen molar-refractivity contribution in [1.29, 1.82) is 0 Å². The second kappa shape index (κ2) is 11.5. The number of hydrogen-bond acceptors (Lipinski definition) is 5. The van der Waals surface area contributed by atoms with Crippen molar-refractivity contribution >= 4 is 11.6 Å². The van der Waals surface area contributed by atoms with Gasteiger partial charge in [0.05, 0.1) is 17.9 Å². The molecule has 0 saturated heterocycles. The Hall–Kier alpha value is -2.84. The number of nitrogens with one attached hydrogen (secondary N) is 2. The summed E-state index contributed by atoms with van der Waals surface area (Å²) in [6, 6.07) is 10.8. The van der Waals surface area contributed by atoms with E-state index in [1.807, 2.05) is 6.07 Å². The minimum atomic E-state index is -1.02. The van der Waals surface area contributed by atoms with Crippen LogP contribution in [0.25, 0.3) is 0 Å². The summed E-state index contributed by atoms with van der Waals surface area (Å²) in [4.78, 5) is 11.8. The van der Waals surface area contributed by atoms with Crippen LogP contribution >= 0.6 is 0 Å². The van der Waals surface area contributed by atoms with Crippen LogP contribution in [-0.2, 0) is 22.2 Å². The lowest BCUT2D eigenvalue weighted by molar-refractivity contribution is -0.120. The molecule has 36 heavy (non-hydrogen) atoms. The van der Waals surface area contributed by atoms with Crippen molar-refractivity contribution in [2.75, 3.05) is 6.54 Å². The normalized spacial score (nSPS) is 20.0. The summed E-state index contributed by atoms with van der Waals surface area (Å²) in [7, 11) is 0. The van der Waals surface area contributed by atoms with Gasteiger partial charge < -0.3 is 20.9 Å². The standard InChI is InChI=1S/C28H37F2N3O3/c1-18(34)32-25(14-19-12-22(29)16-23(30)13-19)26(35)17-31-28(10-8-24(33-36)9-11-28)21-7-5-6-20(15-21)27(2,3)4/h5-7,12-13,15-16,25-26,31,35-36H,8-11,14,17H2,1-4H3,(H,32,34)/t25-,26+,28?/m0/s1. The van der Waals surface area contributed by atoms with Crippen LogP contribution in [0.1, 0.15) is 70.1 Å². The van der Waals surface area contributed by atoms with Crippen molar-refractivity contribution in [2.45, 2.75) is 82.9 Å². The number of nitrogens with zero attached hydrogens (tertiary/aromatic N) is 1. The molecule has 0 radical (unpaired) electrons. The van der Waals surface area contributed by atoms with Gasteiger partial charge in [0, 0.05) is 25.1 Å². The van der Waals surface area contributed by atoms with Crippen LogP contribution in [0.4, 0.5) is 8.78 Å². The minimum Gasteiger partial charge on any atom is -0.411 e. The molecule has 0 bridgehead atoms. The number of benzene rings is 2. The van der Waals surface area contributed by atoms with E-state index in [9.17, 15) is 23.9 Å². The highest BCUT2D eigenvalue weighted by Gasteiger charge is 2.37. The predicted octanol–water partition coefficient (Wildman–Crippen LogP) is 4.56. The summed E-state index contributed by atoms with van der Waals surface area (Å²) in [6.07, 6.45) is 1.62. The Balaban J connectivity index is 1.84. The van der Waals surface area contributed by atoms with Gasteiger partial charge in [-0.2, -0.15) is 0 Å². The molecule has 8 heteroatoms. The van der Waals surface area contributed by atoms with E-state index in [0.717, 1.165) is 17.3 Å². The van der Waals surface area contributed by atoms with E-state index < -0.39 is 29.3 Å². The Labute approximate surface area is 211 Å². The SMILES string of the molecule is CC(=O)N[C@@H](Cc1cc(F)cc(F)c1)[C@H](O)CNC1(c2cccc(C(C)(C)C)c2)CCC(=NO)CC1. The molecule has 1 fully saturated rings. The average molecular weight is 502 g/mol. The molecule has 4 N–H and O–H groups in total. The largest absolute Gasteiger partial charge is 0.411 e. The van der Waals surface area contributed by atoms with E-state index in [1.165, 1.54) is 24.6 Å². The third-order valence-electron chi connectivity index (χ3n) is 6.98. The van der Waals surface area contributed by atoms with Gasteiger partial charge in [0.1, 0.15) is 11.6 Å². The number of hydrogen-bond donors (Lipinski definition) is 4. The van der Waals surface area contributed by atoms with E-state index in [-0.39, 0.29) is 24.3 Å². The number of halogens is 2. The quantitative estimate of drug-likeness (QED) is 0.315. The van der Waals surface area contributed by atoms with Crippen LogP contribution in [0.2, 0.25) is 0 Å². The number of rotatable bonds is 8. The zero-order valence-electron chi connectivity index (χ0n) is 21.4. The smallest absolute Gasteiger partial charge is 0.217 e. The predicted molar refractivity (Wildman–Crippen MR) is 136 cm³/mol. The molecule has 0 unspecified atom stereocenters. The number of carbonyl (C=O) groups excluding carboxylic acids is 1. The van der Waals surface area contributed by atoms with Gasteiger partial charge in [-0.1, -0.05) is 50.2 Å². The fourth-order valence-corrected chi connectivity index (χ4v) is 4.89. The first-order valence-corrected chi connectivity index (χ1v) is 12.4. The first-order valence-electron chi connectivity index (χ1n) is 12.4. The summed E-state index contributed by atoms with van der Waals surface area (Å²) >= 11 is 0. The lowest BCUT2D eigenvalue weighted by atomic mass is 9.74. The second-order valence-corrected chi connectivity index (χ2v) is 10.8. The highest BCUT2D eigenvalue weighted by Crippen LogP contribution is 2.38. The van der Waals surface area contributed by atoms with Gasteiger partial charge in [-0.05, 0) is 66.3 Å².